The number of anilines is 1. The van der Waals surface area contributed by atoms with Crippen LogP contribution in [-0.2, 0) is 6.54 Å². The van der Waals surface area contributed by atoms with Crippen LogP contribution in [0.2, 0.25) is 0 Å². The Morgan fingerprint density at radius 1 is 1.00 bits per heavy atom. The van der Waals surface area contributed by atoms with Crippen molar-refractivity contribution >= 4 is 23.0 Å². The monoisotopic (exact) mass is 350 g/mol. The van der Waals surface area contributed by atoms with Crippen molar-refractivity contribution in [1.29, 1.82) is 0 Å². The highest BCUT2D eigenvalue weighted by molar-refractivity contribution is 7.80. The van der Waals surface area contributed by atoms with Crippen molar-refractivity contribution in [2.75, 3.05) is 26.6 Å². The number of benzene rings is 2. The molecule has 0 aliphatic rings. The second-order valence-corrected chi connectivity index (χ2v) is 5.26. The summed E-state index contributed by atoms with van der Waals surface area (Å²) in [4.78, 5) is 0. The fourth-order valence-corrected chi connectivity index (χ4v) is 2.32. The number of hydrogen-bond donors (Lipinski definition) is 2. The molecule has 0 saturated heterocycles. The van der Waals surface area contributed by atoms with Crippen LogP contribution in [0.5, 0.6) is 17.2 Å². The Bertz CT molecular complexity index is 682. The number of hydrogen-bond acceptors (Lipinski definition) is 4. The molecule has 0 aliphatic carbocycles. The summed E-state index contributed by atoms with van der Waals surface area (Å²) < 4.78 is 28.8. The van der Waals surface area contributed by atoms with Crippen LogP contribution >= 0.6 is 12.2 Å². The van der Waals surface area contributed by atoms with E-state index in [9.17, 15) is 4.39 Å². The lowest BCUT2D eigenvalue weighted by Gasteiger charge is -2.15. The molecule has 0 amide bonds. The van der Waals surface area contributed by atoms with Gasteiger partial charge in [-0.05, 0) is 54.2 Å². The Hall–Kier alpha value is -2.54. The van der Waals surface area contributed by atoms with Crippen molar-refractivity contribution in [3.63, 3.8) is 0 Å². The largest absolute Gasteiger partial charge is 0.493 e. The van der Waals surface area contributed by atoms with Gasteiger partial charge >= 0.3 is 0 Å². The molecule has 2 aromatic rings. The zero-order chi connectivity index (χ0) is 17.5. The SMILES string of the molecule is COc1cc(CNC(=S)Nc2ccc(F)cc2)cc(OC)c1OC. The smallest absolute Gasteiger partial charge is 0.203 e. The molecular formula is C17H19FN2O3S. The Kier molecular flexibility index (Phi) is 6.20. The van der Waals surface area contributed by atoms with Crippen molar-refractivity contribution < 1.29 is 18.6 Å². The minimum Gasteiger partial charge on any atom is -0.493 e. The Labute approximate surface area is 145 Å². The van der Waals surface area contributed by atoms with Crippen LogP contribution in [0, 0.1) is 5.82 Å². The molecule has 0 fully saturated rings. The summed E-state index contributed by atoms with van der Waals surface area (Å²) in [6.45, 7) is 0.462. The maximum atomic E-state index is 12.9. The number of thiocarbonyl (C=S) groups is 1. The van der Waals surface area contributed by atoms with E-state index in [1.54, 1.807) is 33.5 Å². The molecule has 5 nitrogen and oxygen atoms in total. The van der Waals surface area contributed by atoms with Crippen LogP contribution in [0.3, 0.4) is 0 Å². The third kappa shape index (κ3) is 4.48. The molecule has 2 N–H and O–H groups in total. The Morgan fingerprint density at radius 3 is 2.08 bits per heavy atom. The maximum Gasteiger partial charge on any atom is 0.203 e. The quantitative estimate of drug-likeness (QED) is 0.780. The fraction of sp³-hybridized carbons (Fsp3) is 0.235. The summed E-state index contributed by atoms with van der Waals surface area (Å²) in [6, 6.07) is 9.64. The van der Waals surface area contributed by atoms with Crippen molar-refractivity contribution in [1.82, 2.24) is 5.32 Å². The van der Waals surface area contributed by atoms with Crippen molar-refractivity contribution in [2.24, 2.45) is 0 Å². The molecule has 0 spiro atoms. The number of rotatable bonds is 6. The summed E-state index contributed by atoms with van der Waals surface area (Å²) in [5, 5.41) is 6.49. The van der Waals surface area contributed by atoms with Gasteiger partial charge in [0.15, 0.2) is 16.6 Å². The molecule has 0 bridgehead atoms. The molecule has 0 heterocycles. The topological polar surface area (TPSA) is 51.8 Å². The minimum atomic E-state index is -0.295. The van der Waals surface area contributed by atoms with Gasteiger partial charge in [0.1, 0.15) is 5.82 Å². The van der Waals surface area contributed by atoms with E-state index in [2.05, 4.69) is 10.6 Å². The number of methoxy groups -OCH3 is 3. The summed E-state index contributed by atoms with van der Waals surface area (Å²) in [5.74, 6) is 1.39. The van der Waals surface area contributed by atoms with Crippen LogP contribution in [0.4, 0.5) is 10.1 Å². The molecule has 2 aromatic carbocycles. The molecule has 0 radical (unpaired) electrons. The zero-order valence-electron chi connectivity index (χ0n) is 13.7. The summed E-state index contributed by atoms with van der Waals surface area (Å²) >= 11 is 5.24. The van der Waals surface area contributed by atoms with Gasteiger partial charge in [-0.1, -0.05) is 0 Å². The van der Waals surface area contributed by atoms with E-state index in [-0.39, 0.29) is 5.82 Å². The minimum absolute atomic E-state index is 0.295. The lowest BCUT2D eigenvalue weighted by atomic mass is 10.2. The predicted octanol–water partition coefficient (Wildman–Crippen LogP) is 3.34. The molecule has 0 saturated carbocycles. The first kappa shape index (κ1) is 17.8. The van der Waals surface area contributed by atoms with Crippen LogP contribution < -0.4 is 24.8 Å². The average molecular weight is 350 g/mol. The Morgan fingerprint density at radius 2 is 1.58 bits per heavy atom. The highest BCUT2D eigenvalue weighted by Crippen LogP contribution is 2.38. The van der Waals surface area contributed by atoms with Gasteiger partial charge in [0.05, 0.1) is 21.3 Å². The molecular weight excluding hydrogens is 331 g/mol. The normalized spacial score (nSPS) is 10.0. The summed E-state index contributed by atoms with van der Waals surface area (Å²) in [7, 11) is 4.69. The van der Waals surface area contributed by atoms with Gasteiger partial charge < -0.3 is 24.8 Å². The van der Waals surface area contributed by atoms with Crippen molar-refractivity contribution in [3.05, 3.63) is 47.8 Å². The molecule has 2 rings (SSSR count). The predicted molar refractivity (Wildman–Crippen MR) is 95.6 cm³/mol. The van der Waals surface area contributed by atoms with Crippen LogP contribution in [-0.4, -0.2) is 26.4 Å². The maximum absolute atomic E-state index is 12.9. The van der Waals surface area contributed by atoms with Gasteiger partial charge in [0.25, 0.3) is 0 Å². The van der Waals surface area contributed by atoms with Gasteiger partial charge in [-0.25, -0.2) is 4.39 Å². The second kappa shape index (κ2) is 8.35. The third-order valence-corrected chi connectivity index (χ3v) is 3.53. The van der Waals surface area contributed by atoms with Crippen LogP contribution in [0.1, 0.15) is 5.56 Å². The highest BCUT2D eigenvalue weighted by atomic mass is 32.1. The van der Waals surface area contributed by atoms with E-state index in [0.717, 1.165) is 5.56 Å². The van der Waals surface area contributed by atoms with E-state index in [0.29, 0.717) is 34.6 Å². The van der Waals surface area contributed by atoms with Gasteiger partial charge in [0.2, 0.25) is 5.75 Å². The number of ether oxygens (including phenoxy) is 3. The third-order valence-electron chi connectivity index (χ3n) is 3.28. The average Bonchev–Trinajstić information content (AvgIpc) is 2.60. The first-order valence-electron chi connectivity index (χ1n) is 7.16. The van der Waals surface area contributed by atoms with E-state index in [1.165, 1.54) is 12.1 Å². The second-order valence-electron chi connectivity index (χ2n) is 4.85. The number of halogens is 1. The van der Waals surface area contributed by atoms with Crippen LogP contribution in [0.25, 0.3) is 0 Å². The van der Waals surface area contributed by atoms with Gasteiger partial charge in [-0.2, -0.15) is 0 Å². The molecule has 0 aliphatic heterocycles. The lowest BCUT2D eigenvalue weighted by Crippen LogP contribution is -2.27. The standard InChI is InChI=1S/C17H19FN2O3S/c1-21-14-8-11(9-15(22-2)16(14)23-3)10-19-17(24)20-13-6-4-12(18)5-7-13/h4-9H,10H2,1-3H3,(H2,19,20,24). The van der Waals surface area contributed by atoms with Crippen molar-refractivity contribution in [2.45, 2.75) is 6.54 Å². The fourth-order valence-electron chi connectivity index (χ4n) is 2.13. The highest BCUT2D eigenvalue weighted by Gasteiger charge is 2.13. The number of nitrogens with one attached hydrogen (secondary N) is 2. The van der Waals surface area contributed by atoms with E-state index in [4.69, 9.17) is 26.4 Å². The Balaban J connectivity index is 2.03. The van der Waals surface area contributed by atoms with Gasteiger partial charge in [-0.3, -0.25) is 0 Å². The molecule has 0 aromatic heterocycles. The molecule has 24 heavy (non-hydrogen) atoms. The molecule has 0 atom stereocenters. The molecule has 0 unspecified atom stereocenters. The van der Waals surface area contributed by atoms with Crippen molar-refractivity contribution in [3.8, 4) is 17.2 Å². The summed E-state index contributed by atoms with van der Waals surface area (Å²) in [6.07, 6.45) is 0. The zero-order valence-corrected chi connectivity index (χ0v) is 14.5. The summed E-state index contributed by atoms with van der Waals surface area (Å²) in [5.41, 5.74) is 1.62. The van der Waals surface area contributed by atoms with Gasteiger partial charge in [-0.15, -0.1) is 0 Å². The molecule has 128 valence electrons. The van der Waals surface area contributed by atoms with Gasteiger partial charge in [0, 0.05) is 12.2 Å². The first-order chi connectivity index (χ1) is 11.6. The first-order valence-corrected chi connectivity index (χ1v) is 7.57. The lowest BCUT2D eigenvalue weighted by molar-refractivity contribution is 0.323. The van der Waals surface area contributed by atoms with Crippen LogP contribution in [0.15, 0.2) is 36.4 Å². The van der Waals surface area contributed by atoms with E-state index < -0.39 is 0 Å². The van der Waals surface area contributed by atoms with E-state index in [1.807, 2.05) is 12.1 Å². The van der Waals surface area contributed by atoms with E-state index >= 15 is 0 Å². The molecule has 7 heteroatoms.